The normalized spacial score (nSPS) is 16.9. The van der Waals surface area contributed by atoms with Crippen LogP contribution in [0.15, 0.2) is 42.7 Å². The van der Waals surface area contributed by atoms with Crippen LogP contribution in [0.25, 0.3) is 0 Å². The summed E-state index contributed by atoms with van der Waals surface area (Å²) in [5.74, 6) is -0.515. The first-order chi connectivity index (χ1) is 11.6. The molecule has 1 aliphatic rings. The second-order valence-electron chi connectivity index (χ2n) is 5.51. The van der Waals surface area contributed by atoms with E-state index in [9.17, 15) is 9.59 Å². The lowest BCUT2D eigenvalue weighted by atomic mass is 10.1. The van der Waals surface area contributed by atoms with Crippen LogP contribution in [0.3, 0.4) is 0 Å². The molecule has 1 atom stereocenters. The third-order valence-electron chi connectivity index (χ3n) is 3.90. The highest BCUT2D eigenvalue weighted by Gasteiger charge is 2.35. The quantitative estimate of drug-likeness (QED) is 0.905. The van der Waals surface area contributed by atoms with E-state index in [2.05, 4.69) is 10.3 Å². The predicted molar refractivity (Wildman–Crippen MR) is 93.4 cm³/mol. The first-order valence-corrected chi connectivity index (χ1v) is 8.29. The number of amides is 2. The molecule has 1 aromatic heterocycles. The number of hydrogen-bond donors (Lipinski definition) is 1. The van der Waals surface area contributed by atoms with Crippen molar-refractivity contribution in [1.29, 1.82) is 0 Å². The topological polar surface area (TPSA) is 62.3 Å². The molecule has 1 aliphatic heterocycles. The minimum absolute atomic E-state index is 0.230. The summed E-state index contributed by atoms with van der Waals surface area (Å²) in [7, 11) is 0. The number of pyridine rings is 1. The summed E-state index contributed by atoms with van der Waals surface area (Å²) in [5, 5.41) is 3.54. The minimum atomic E-state index is -0.534. The summed E-state index contributed by atoms with van der Waals surface area (Å²) in [6, 6.07) is 7.68. The molecule has 0 radical (unpaired) electrons. The van der Waals surface area contributed by atoms with Crippen molar-refractivity contribution in [3.8, 4) is 0 Å². The first-order valence-electron chi connectivity index (χ1n) is 7.53. The molecule has 1 fully saturated rings. The number of likely N-dealkylation sites (tertiary alicyclic amines) is 1. The number of anilines is 1. The van der Waals surface area contributed by atoms with Crippen molar-refractivity contribution >= 4 is 40.7 Å². The van der Waals surface area contributed by atoms with Gasteiger partial charge in [0.15, 0.2) is 0 Å². The average Bonchev–Trinajstić information content (AvgIpc) is 3.07. The van der Waals surface area contributed by atoms with Gasteiger partial charge in [0, 0.05) is 17.8 Å². The Morgan fingerprint density at radius 1 is 1.25 bits per heavy atom. The van der Waals surface area contributed by atoms with Crippen LogP contribution in [0.1, 0.15) is 23.2 Å². The third-order valence-corrected chi connectivity index (χ3v) is 4.47. The van der Waals surface area contributed by atoms with Gasteiger partial charge in [0.2, 0.25) is 5.91 Å². The molecule has 2 aromatic rings. The Labute approximate surface area is 149 Å². The van der Waals surface area contributed by atoms with Gasteiger partial charge >= 0.3 is 0 Å². The van der Waals surface area contributed by atoms with Crippen molar-refractivity contribution in [2.24, 2.45) is 0 Å². The smallest absolute Gasteiger partial charge is 0.256 e. The summed E-state index contributed by atoms with van der Waals surface area (Å²) in [6.07, 6.45) is 4.56. The number of halogens is 2. The molecule has 0 saturated carbocycles. The lowest BCUT2D eigenvalue weighted by Crippen LogP contribution is -2.43. The number of rotatable bonds is 3. The molecule has 24 heavy (non-hydrogen) atoms. The number of carbonyl (C=O) groups excluding carboxylic acids is 2. The van der Waals surface area contributed by atoms with Crippen LogP contribution >= 0.6 is 23.2 Å². The molecule has 124 valence electrons. The second-order valence-corrected chi connectivity index (χ2v) is 6.36. The van der Waals surface area contributed by atoms with Gasteiger partial charge in [-0.1, -0.05) is 23.2 Å². The number of nitrogens with one attached hydrogen (secondary N) is 1. The molecule has 2 heterocycles. The molecular formula is C17H15Cl2N3O2. The van der Waals surface area contributed by atoms with Crippen LogP contribution in [0, 0.1) is 0 Å². The molecule has 0 unspecified atom stereocenters. The summed E-state index contributed by atoms with van der Waals surface area (Å²) < 4.78 is 0. The Balaban J connectivity index is 1.78. The molecule has 5 nitrogen and oxygen atoms in total. The zero-order valence-electron chi connectivity index (χ0n) is 12.7. The van der Waals surface area contributed by atoms with Crippen molar-refractivity contribution in [3.05, 3.63) is 58.3 Å². The van der Waals surface area contributed by atoms with E-state index in [-0.39, 0.29) is 11.8 Å². The van der Waals surface area contributed by atoms with Crippen molar-refractivity contribution in [3.63, 3.8) is 0 Å². The van der Waals surface area contributed by atoms with Gasteiger partial charge in [0.25, 0.3) is 5.91 Å². The van der Waals surface area contributed by atoms with Gasteiger partial charge < -0.3 is 10.2 Å². The third kappa shape index (κ3) is 3.52. The van der Waals surface area contributed by atoms with Crippen molar-refractivity contribution < 1.29 is 9.59 Å². The Kier molecular flexibility index (Phi) is 5.02. The van der Waals surface area contributed by atoms with Gasteiger partial charge in [0.05, 0.1) is 22.5 Å². The molecule has 2 amide bonds. The van der Waals surface area contributed by atoms with E-state index in [4.69, 9.17) is 23.2 Å². The number of benzene rings is 1. The molecule has 1 saturated heterocycles. The van der Waals surface area contributed by atoms with Crippen molar-refractivity contribution in [2.75, 3.05) is 11.9 Å². The van der Waals surface area contributed by atoms with Gasteiger partial charge in [-0.15, -0.1) is 0 Å². The maximum Gasteiger partial charge on any atom is 0.256 e. The van der Waals surface area contributed by atoms with Crippen LogP contribution in [0.4, 0.5) is 5.69 Å². The Hall–Kier alpha value is -2.11. The van der Waals surface area contributed by atoms with Crippen LogP contribution in [0.5, 0.6) is 0 Å². The van der Waals surface area contributed by atoms with E-state index in [1.807, 2.05) is 0 Å². The van der Waals surface area contributed by atoms with Gasteiger partial charge in [-0.25, -0.2) is 0 Å². The summed E-state index contributed by atoms with van der Waals surface area (Å²) in [4.78, 5) is 30.8. The Bertz CT molecular complexity index is 768. The number of carbonyl (C=O) groups is 2. The van der Waals surface area contributed by atoms with Crippen molar-refractivity contribution in [1.82, 2.24) is 9.88 Å². The summed E-state index contributed by atoms with van der Waals surface area (Å²) in [5.41, 5.74) is 0.910. The van der Waals surface area contributed by atoms with Gasteiger partial charge in [-0.05, 0) is 43.2 Å². The van der Waals surface area contributed by atoms with E-state index < -0.39 is 6.04 Å². The highest BCUT2D eigenvalue weighted by atomic mass is 35.5. The van der Waals surface area contributed by atoms with E-state index in [1.165, 1.54) is 6.07 Å². The van der Waals surface area contributed by atoms with Crippen LogP contribution in [-0.4, -0.2) is 34.3 Å². The van der Waals surface area contributed by atoms with Gasteiger partial charge in [-0.3, -0.25) is 14.6 Å². The molecule has 3 rings (SSSR count). The summed E-state index contributed by atoms with van der Waals surface area (Å²) >= 11 is 12.1. The monoisotopic (exact) mass is 363 g/mol. The second kappa shape index (κ2) is 7.20. The Morgan fingerprint density at radius 3 is 2.83 bits per heavy atom. The fourth-order valence-corrected chi connectivity index (χ4v) is 3.13. The maximum absolute atomic E-state index is 12.8. The fraction of sp³-hybridized carbons (Fsp3) is 0.235. The zero-order chi connectivity index (χ0) is 17.1. The minimum Gasteiger partial charge on any atom is -0.327 e. The lowest BCUT2D eigenvalue weighted by Gasteiger charge is -2.24. The highest BCUT2D eigenvalue weighted by molar-refractivity contribution is 6.35. The lowest BCUT2D eigenvalue weighted by molar-refractivity contribution is -0.119. The van der Waals surface area contributed by atoms with E-state index >= 15 is 0 Å². The number of aromatic nitrogens is 1. The van der Waals surface area contributed by atoms with Crippen LogP contribution < -0.4 is 5.32 Å². The largest absolute Gasteiger partial charge is 0.327 e. The summed E-state index contributed by atoms with van der Waals surface area (Å²) in [6.45, 7) is 0.507. The van der Waals surface area contributed by atoms with E-state index in [0.717, 1.165) is 6.42 Å². The first kappa shape index (κ1) is 16.7. The van der Waals surface area contributed by atoms with E-state index in [1.54, 1.807) is 41.6 Å². The average molecular weight is 364 g/mol. The van der Waals surface area contributed by atoms with Crippen LogP contribution in [0.2, 0.25) is 10.0 Å². The molecule has 0 aliphatic carbocycles. The fourth-order valence-electron chi connectivity index (χ4n) is 2.76. The Morgan fingerprint density at radius 2 is 2.08 bits per heavy atom. The van der Waals surface area contributed by atoms with Gasteiger partial charge in [-0.2, -0.15) is 0 Å². The molecule has 1 N–H and O–H groups in total. The standard InChI is InChI=1S/C17H15Cl2N3O2/c18-11-5-6-14(19)13(9-11)17(24)22-8-2-4-15(22)16(23)21-12-3-1-7-20-10-12/h1,3,5-7,9-10,15H,2,4,8H2,(H,21,23)/t15-/m1/s1. The number of nitrogens with zero attached hydrogens (tertiary/aromatic N) is 2. The molecule has 1 aromatic carbocycles. The van der Waals surface area contributed by atoms with Crippen molar-refractivity contribution in [2.45, 2.75) is 18.9 Å². The molecular weight excluding hydrogens is 349 g/mol. The maximum atomic E-state index is 12.8. The van der Waals surface area contributed by atoms with Crippen LogP contribution in [-0.2, 0) is 4.79 Å². The molecule has 0 bridgehead atoms. The number of hydrogen-bond acceptors (Lipinski definition) is 3. The molecule has 7 heteroatoms. The predicted octanol–water partition coefficient (Wildman–Crippen LogP) is 3.63. The van der Waals surface area contributed by atoms with Gasteiger partial charge in [0.1, 0.15) is 6.04 Å². The molecule has 0 spiro atoms. The zero-order valence-corrected chi connectivity index (χ0v) is 14.2. The highest BCUT2D eigenvalue weighted by Crippen LogP contribution is 2.26. The SMILES string of the molecule is O=C(Nc1cccnc1)[C@H]1CCCN1C(=O)c1cc(Cl)ccc1Cl. The van der Waals surface area contributed by atoms with E-state index in [0.29, 0.717) is 34.3 Å².